The van der Waals surface area contributed by atoms with Gasteiger partial charge in [-0.15, -0.1) is 0 Å². The number of aliphatic carboxylic acids is 1. The van der Waals surface area contributed by atoms with Crippen LogP contribution in [-0.4, -0.2) is 22.6 Å². The van der Waals surface area contributed by atoms with Crippen molar-refractivity contribution in [1.82, 2.24) is 10.3 Å². The van der Waals surface area contributed by atoms with Crippen LogP contribution >= 0.6 is 0 Å². The lowest BCUT2D eigenvalue weighted by Crippen LogP contribution is -2.18. The number of benzene rings is 3. The van der Waals surface area contributed by atoms with Crippen LogP contribution in [0, 0.1) is 5.92 Å². The van der Waals surface area contributed by atoms with E-state index < -0.39 is 5.97 Å². The SMILES string of the molecule is CC(C)C(Nc1ccc(CNCCC(=O)O)cc1)c1ccc(-c2nc3ccccc3o2)cc1. The Morgan fingerprint density at radius 2 is 1.73 bits per heavy atom. The van der Waals surface area contributed by atoms with E-state index in [9.17, 15) is 4.79 Å². The Labute approximate surface area is 193 Å². The Bertz CT molecular complexity index is 1160. The first kappa shape index (κ1) is 22.6. The van der Waals surface area contributed by atoms with Gasteiger partial charge in [-0.3, -0.25) is 4.79 Å². The average Bonchev–Trinajstić information content (AvgIpc) is 3.25. The molecule has 4 aromatic rings. The zero-order chi connectivity index (χ0) is 23.2. The molecule has 6 nitrogen and oxygen atoms in total. The zero-order valence-electron chi connectivity index (χ0n) is 18.9. The summed E-state index contributed by atoms with van der Waals surface area (Å²) < 4.78 is 5.89. The molecule has 33 heavy (non-hydrogen) atoms. The van der Waals surface area contributed by atoms with Gasteiger partial charge in [-0.25, -0.2) is 4.98 Å². The smallest absolute Gasteiger partial charge is 0.304 e. The van der Waals surface area contributed by atoms with E-state index >= 15 is 0 Å². The Morgan fingerprint density at radius 1 is 1.00 bits per heavy atom. The molecule has 0 saturated heterocycles. The Balaban J connectivity index is 1.42. The number of oxazole rings is 1. The molecule has 0 spiro atoms. The number of carboxylic acid groups (broad SMARTS) is 1. The number of nitrogens with one attached hydrogen (secondary N) is 2. The van der Waals surface area contributed by atoms with Gasteiger partial charge in [0.15, 0.2) is 5.58 Å². The highest BCUT2D eigenvalue weighted by molar-refractivity contribution is 5.76. The Morgan fingerprint density at radius 3 is 2.39 bits per heavy atom. The van der Waals surface area contributed by atoms with Gasteiger partial charge in [-0.2, -0.15) is 0 Å². The first-order chi connectivity index (χ1) is 16.0. The van der Waals surface area contributed by atoms with Crippen molar-refractivity contribution in [2.24, 2.45) is 5.92 Å². The molecule has 1 heterocycles. The fraction of sp³-hybridized carbons (Fsp3) is 0.259. The molecule has 3 N–H and O–H groups in total. The second-order valence-electron chi connectivity index (χ2n) is 8.49. The van der Waals surface area contributed by atoms with E-state index in [0.29, 0.717) is 24.9 Å². The number of aromatic nitrogens is 1. The molecule has 0 fully saturated rings. The summed E-state index contributed by atoms with van der Waals surface area (Å²) in [4.78, 5) is 15.2. The molecule has 1 unspecified atom stereocenters. The van der Waals surface area contributed by atoms with Crippen molar-refractivity contribution in [3.05, 3.63) is 83.9 Å². The topological polar surface area (TPSA) is 87.4 Å². The van der Waals surface area contributed by atoms with Crippen LogP contribution in [0.15, 0.2) is 77.2 Å². The molecule has 3 aromatic carbocycles. The van der Waals surface area contributed by atoms with E-state index in [4.69, 9.17) is 9.52 Å². The predicted molar refractivity (Wildman–Crippen MR) is 131 cm³/mol. The first-order valence-corrected chi connectivity index (χ1v) is 11.2. The summed E-state index contributed by atoms with van der Waals surface area (Å²) in [6.07, 6.45) is 0.126. The summed E-state index contributed by atoms with van der Waals surface area (Å²) in [6.45, 7) is 5.52. The Kier molecular flexibility index (Phi) is 7.05. The van der Waals surface area contributed by atoms with Crippen molar-refractivity contribution in [3.63, 3.8) is 0 Å². The van der Waals surface area contributed by atoms with Gasteiger partial charge >= 0.3 is 5.97 Å². The number of rotatable bonds is 10. The molecule has 0 aliphatic rings. The number of carboxylic acids is 1. The average molecular weight is 444 g/mol. The quantitative estimate of drug-likeness (QED) is 0.266. The highest BCUT2D eigenvalue weighted by Crippen LogP contribution is 2.30. The number of nitrogens with zero attached hydrogens (tertiary/aromatic N) is 1. The molecule has 170 valence electrons. The second kappa shape index (κ2) is 10.3. The van der Waals surface area contributed by atoms with Gasteiger partial charge in [0.2, 0.25) is 5.89 Å². The lowest BCUT2D eigenvalue weighted by molar-refractivity contribution is -0.136. The molecule has 1 atom stereocenters. The maximum Gasteiger partial charge on any atom is 0.304 e. The van der Waals surface area contributed by atoms with Crippen molar-refractivity contribution >= 4 is 22.8 Å². The van der Waals surface area contributed by atoms with Crippen molar-refractivity contribution in [1.29, 1.82) is 0 Å². The fourth-order valence-corrected chi connectivity index (χ4v) is 3.79. The summed E-state index contributed by atoms with van der Waals surface area (Å²) in [5.41, 5.74) is 5.97. The molecule has 0 amide bonds. The summed E-state index contributed by atoms with van der Waals surface area (Å²) in [5.74, 6) is 0.227. The fourth-order valence-electron chi connectivity index (χ4n) is 3.79. The van der Waals surface area contributed by atoms with Gasteiger partial charge < -0.3 is 20.2 Å². The number of para-hydroxylation sites is 2. The number of fused-ring (bicyclic) bond motifs is 1. The highest BCUT2D eigenvalue weighted by Gasteiger charge is 2.17. The molecule has 0 aliphatic carbocycles. The van der Waals surface area contributed by atoms with E-state index in [2.05, 4.69) is 78.0 Å². The van der Waals surface area contributed by atoms with Gasteiger partial charge in [0.25, 0.3) is 0 Å². The largest absolute Gasteiger partial charge is 0.481 e. The van der Waals surface area contributed by atoms with E-state index in [1.807, 2.05) is 24.3 Å². The summed E-state index contributed by atoms with van der Waals surface area (Å²) in [6, 6.07) is 24.6. The van der Waals surface area contributed by atoms with Crippen LogP contribution in [0.3, 0.4) is 0 Å². The molecule has 0 saturated carbocycles. The minimum atomic E-state index is -0.788. The summed E-state index contributed by atoms with van der Waals surface area (Å²) in [7, 11) is 0. The summed E-state index contributed by atoms with van der Waals surface area (Å²) >= 11 is 0. The third kappa shape index (κ3) is 5.79. The van der Waals surface area contributed by atoms with Crippen LogP contribution in [0.25, 0.3) is 22.6 Å². The third-order valence-corrected chi connectivity index (χ3v) is 5.60. The number of hydrogen-bond donors (Lipinski definition) is 3. The van der Waals surface area contributed by atoms with E-state index in [1.54, 1.807) is 0 Å². The summed E-state index contributed by atoms with van der Waals surface area (Å²) in [5, 5.41) is 15.5. The minimum absolute atomic E-state index is 0.126. The van der Waals surface area contributed by atoms with Crippen LogP contribution in [0.2, 0.25) is 0 Å². The maximum atomic E-state index is 10.6. The van der Waals surface area contributed by atoms with Crippen molar-refractivity contribution in [3.8, 4) is 11.5 Å². The van der Waals surface area contributed by atoms with Crippen LogP contribution < -0.4 is 10.6 Å². The number of hydrogen-bond acceptors (Lipinski definition) is 5. The van der Waals surface area contributed by atoms with Gasteiger partial charge in [0.1, 0.15) is 5.52 Å². The molecule has 1 aromatic heterocycles. The molecule has 0 bridgehead atoms. The van der Waals surface area contributed by atoms with Crippen LogP contribution in [0.5, 0.6) is 0 Å². The maximum absolute atomic E-state index is 10.6. The van der Waals surface area contributed by atoms with Crippen molar-refractivity contribution in [2.75, 3.05) is 11.9 Å². The Hall–Kier alpha value is -3.64. The lowest BCUT2D eigenvalue weighted by atomic mass is 9.94. The van der Waals surface area contributed by atoms with E-state index in [-0.39, 0.29) is 12.5 Å². The number of carbonyl (C=O) groups is 1. The van der Waals surface area contributed by atoms with Crippen molar-refractivity contribution < 1.29 is 14.3 Å². The predicted octanol–water partition coefficient (Wildman–Crippen LogP) is 5.87. The minimum Gasteiger partial charge on any atom is -0.481 e. The lowest BCUT2D eigenvalue weighted by Gasteiger charge is -2.24. The molecule has 6 heteroatoms. The van der Waals surface area contributed by atoms with Gasteiger partial charge in [-0.1, -0.05) is 50.2 Å². The highest BCUT2D eigenvalue weighted by atomic mass is 16.4. The van der Waals surface area contributed by atoms with Gasteiger partial charge in [0, 0.05) is 24.3 Å². The molecular weight excluding hydrogens is 414 g/mol. The molecule has 4 rings (SSSR count). The van der Waals surface area contributed by atoms with Crippen LogP contribution in [-0.2, 0) is 11.3 Å². The van der Waals surface area contributed by atoms with E-state index in [0.717, 1.165) is 27.9 Å². The van der Waals surface area contributed by atoms with Crippen LogP contribution in [0.1, 0.15) is 37.4 Å². The molecule has 0 radical (unpaired) electrons. The zero-order valence-corrected chi connectivity index (χ0v) is 18.9. The number of anilines is 1. The monoisotopic (exact) mass is 443 g/mol. The van der Waals surface area contributed by atoms with Crippen molar-refractivity contribution in [2.45, 2.75) is 32.9 Å². The van der Waals surface area contributed by atoms with Gasteiger partial charge in [-0.05, 0) is 53.4 Å². The van der Waals surface area contributed by atoms with Crippen LogP contribution in [0.4, 0.5) is 5.69 Å². The van der Waals surface area contributed by atoms with E-state index in [1.165, 1.54) is 5.56 Å². The molecule has 0 aliphatic heterocycles. The standard InChI is InChI=1S/C27H29N3O3/c1-18(2)26(29-22-13-7-19(8-14-22)17-28-16-15-25(31)32)20-9-11-21(12-10-20)27-30-23-5-3-4-6-24(23)33-27/h3-14,18,26,28-29H,15-17H2,1-2H3,(H,31,32). The van der Waals surface area contributed by atoms with Gasteiger partial charge in [0.05, 0.1) is 12.5 Å². The molecular formula is C27H29N3O3. The second-order valence-corrected chi connectivity index (χ2v) is 8.49. The third-order valence-electron chi connectivity index (χ3n) is 5.60. The normalized spacial score (nSPS) is 12.2. The first-order valence-electron chi connectivity index (χ1n) is 11.2.